The fourth-order valence-corrected chi connectivity index (χ4v) is 0. The molecule has 43 valence electrons. The van der Waals surface area contributed by atoms with Gasteiger partial charge in [0.25, 0.3) is 0 Å². The molecule has 0 unspecified atom stereocenters. The maximum atomic E-state index is 9.56. The molecule has 0 aromatic rings. The molecule has 0 radical (unpaired) electrons. The van der Waals surface area contributed by atoms with Crippen molar-refractivity contribution in [2.75, 3.05) is 12.5 Å². The summed E-state index contributed by atoms with van der Waals surface area (Å²) in [5, 5.41) is 0. The van der Waals surface area contributed by atoms with Gasteiger partial charge in [0, 0.05) is 23.3 Å². The molecule has 1 nitrogen and oxygen atoms in total. The van der Waals surface area contributed by atoms with Gasteiger partial charge in [0.2, 0.25) is 0 Å². The molecule has 0 aromatic carbocycles. The van der Waals surface area contributed by atoms with E-state index in [0.717, 1.165) is 0 Å². The Balaban J connectivity index is 0. The first-order chi connectivity index (χ1) is 2.73. The van der Waals surface area contributed by atoms with Crippen molar-refractivity contribution in [2.24, 2.45) is 0 Å². The van der Waals surface area contributed by atoms with Crippen LogP contribution in [-0.2, 0) is 29.0 Å². The maximum absolute atomic E-state index is 9.56. The number of rotatable bonds is 0. The van der Waals surface area contributed by atoms with Gasteiger partial charge in [-0.25, -0.2) is 0 Å². The van der Waals surface area contributed by atoms with Gasteiger partial charge in [-0.3, -0.25) is 4.21 Å². The third-order valence-electron chi connectivity index (χ3n) is 0. The Morgan fingerprint density at radius 3 is 1.50 bits per heavy atom. The zero-order valence-corrected chi connectivity index (χ0v) is 6.64. The Kier molecular flexibility index (Phi) is 16.0. The topological polar surface area (TPSA) is 17.1 Å². The van der Waals surface area contributed by atoms with Crippen molar-refractivity contribution in [3.05, 3.63) is 0 Å². The van der Waals surface area contributed by atoms with Crippen LogP contribution in [0.1, 0.15) is 0 Å². The Bertz CT molecular complexity index is 36.5. The number of hydrogen-bond donors (Lipinski definition) is 0. The van der Waals surface area contributed by atoms with Gasteiger partial charge in [-0.1, -0.05) is 0 Å². The fourth-order valence-electron chi connectivity index (χ4n) is 0. The van der Waals surface area contributed by atoms with Gasteiger partial charge < -0.3 is 0 Å². The van der Waals surface area contributed by atoms with E-state index in [4.69, 9.17) is 0 Å². The molecule has 0 rings (SSSR count). The van der Waals surface area contributed by atoms with Gasteiger partial charge in [-0.2, -0.15) is 0 Å². The molecule has 0 heterocycles. The summed E-state index contributed by atoms with van der Waals surface area (Å²) in [5.41, 5.74) is 0. The van der Waals surface area contributed by atoms with Crippen LogP contribution in [0, 0.1) is 0 Å². The van der Waals surface area contributed by atoms with Crippen LogP contribution in [0.2, 0.25) is 0 Å². The predicted octanol–water partition coefficient (Wildman–Crippen LogP) is 0.682. The summed E-state index contributed by atoms with van der Waals surface area (Å²) < 4.78 is 9.56. The molecule has 0 fully saturated rings. The summed E-state index contributed by atoms with van der Waals surface area (Å²) in [6.45, 7) is 0. The SMILES string of the molecule is CS(C)=O.[Cl][Pd]. The molecular formula is C2H6ClOPdS. The Hall–Kier alpha value is 1.10. The molecule has 0 spiro atoms. The van der Waals surface area contributed by atoms with E-state index in [1.54, 1.807) is 12.5 Å². The molecule has 0 bridgehead atoms. The average molecular weight is 220 g/mol. The van der Waals surface area contributed by atoms with E-state index >= 15 is 0 Å². The van der Waals surface area contributed by atoms with E-state index in [2.05, 4.69) is 27.7 Å². The Labute approximate surface area is 55.3 Å². The number of hydrogen-bond acceptors (Lipinski definition) is 1. The zero-order valence-electron chi connectivity index (χ0n) is 3.51. The Morgan fingerprint density at radius 2 is 1.50 bits per heavy atom. The van der Waals surface area contributed by atoms with Crippen molar-refractivity contribution < 1.29 is 22.4 Å². The van der Waals surface area contributed by atoms with E-state index in [1.807, 2.05) is 0 Å². The monoisotopic (exact) mass is 219 g/mol. The molecule has 0 aliphatic heterocycles. The van der Waals surface area contributed by atoms with Crippen molar-refractivity contribution >= 4 is 20.3 Å². The summed E-state index contributed by atoms with van der Waals surface area (Å²) >= 11 is 2.22. The molecule has 0 aromatic heterocycles. The first kappa shape index (κ1) is 10.2. The minimum atomic E-state index is -0.611. The summed E-state index contributed by atoms with van der Waals surface area (Å²) in [6.07, 6.45) is 3.28. The zero-order chi connectivity index (χ0) is 5.58. The van der Waals surface area contributed by atoms with Crippen LogP contribution in [0.25, 0.3) is 0 Å². The van der Waals surface area contributed by atoms with Crippen LogP contribution in [0.3, 0.4) is 0 Å². The van der Waals surface area contributed by atoms with Crippen LogP contribution in [0.4, 0.5) is 0 Å². The van der Waals surface area contributed by atoms with Gasteiger partial charge in [0.1, 0.15) is 0 Å². The van der Waals surface area contributed by atoms with Crippen LogP contribution in [0.5, 0.6) is 0 Å². The molecule has 0 aliphatic carbocycles. The standard InChI is InChI=1S/C2H6OS.ClH.Pd/c1-4(2)3;;/h1-2H3;1H;/q;;+1/p-1. The van der Waals surface area contributed by atoms with E-state index in [-0.39, 0.29) is 0 Å². The summed E-state index contributed by atoms with van der Waals surface area (Å²) in [4.78, 5) is 0. The van der Waals surface area contributed by atoms with Gasteiger partial charge >= 0.3 is 27.7 Å². The molecular weight excluding hydrogens is 214 g/mol. The van der Waals surface area contributed by atoms with Crippen molar-refractivity contribution in [2.45, 2.75) is 0 Å². The molecule has 0 amide bonds. The van der Waals surface area contributed by atoms with Gasteiger partial charge in [-0.15, -0.1) is 0 Å². The fraction of sp³-hybridized carbons (Fsp3) is 1.00. The van der Waals surface area contributed by atoms with E-state index in [9.17, 15) is 4.21 Å². The normalized spacial score (nSPS) is 7.00. The predicted molar refractivity (Wildman–Crippen MR) is 25.8 cm³/mol. The molecule has 6 heavy (non-hydrogen) atoms. The van der Waals surface area contributed by atoms with Crippen LogP contribution >= 0.6 is 9.53 Å². The van der Waals surface area contributed by atoms with Gasteiger partial charge in [0.15, 0.2) is 0 Å². The summed E-state index contributed by atoms with van der Waals surface area (Å²) in [5.74, 6) is 0. The quantitative estimate of drug-likeness (QED) is 0.548. The second-order valence-electron chi connectivity index (χ2n) is 0.742. The molecule has 0 aliphatic rings. The number of halogens is 1. The minimum absolute atomic E-state index is 0.611. The molecule has 0 saturated carbocycles. The van der Waals surface area contributed by atoms with Crippen molar-refractivity contribution in [1.29, 1.82) is 0 Å². The summed E-state index contributed by atoms with van der Waals surface area (Å²) in [6, 6.07) is 0. The second-order valence-corrected chi connectivity index (χ2v) is 2.22. The third-order valence-corrected chi connectivity index (χ3v) is 0. The Morgan fingerprint density at radius 1 is 1.50 bits per heavy atom. The van der Waals surface area contributed by atoms with E-state index in [0.29, 0.717) is 0 Å². The molecule has 0 atom stereocenters. The molecule has 4 heteroatoms. The molecule has 0 N–H and O–H groups in total. The average Bonchev–Trinajstić information content (AvgIpc) is 1.41. The first-order valence-corrected chi connectivity index (χ1v) is 5.07. The third kappa shape index (κ3) is 70.7. The molecule has 0 saturated heterocycles. The van der Waals surface area contributed by atoms with Crippen LogP contribution < -0.4 is 0 Å². The van der Waals surface area contributed by atoms with E-state index in [1.165, 1.54) is 0 Å². The first-order valence-electron chi connectivity index (χ1n) is 1.10. The second kappa shape index (κ2) is 9.44. The van der Waals surface area contributed by atoms with Crippen molar-refractivity contribution in [1.82, 2.24) is 0 Å². The van der Waals surface area contributed by atoms with E-state index < -0.39 is 10.8 Å². The van der Waals surface area contributed by atoms with Crippen molar-refractivity contribution in [3.63, 3.8) is 0 Å². The van der Waals surface area contributed by atoms with Crippen LogP contribution in [0.15, 0.2) is 0 Å². The summed E-state index contributed by atoms with van der Waals surface area (Å²) in [7, 11) is 3.88. The van der Waals surface area contributed by atoms with Crippen LogP contribution in [-0.4, -0.2) is 16.7 Å². The van der Waals surface area contributed by atoms with Crippen molar-refractivity contribution in [3.8, 4) is 0 Å². The van der Waals surface area contributed by atoms with Gasteiger partial charge in [-0.05, 0) is 0 Å². The van der Waals surface area contributed by atoms with Gasteiger partial charge in [0.05, 0.1) is 0 Å².